The minimum absolute atomic E-state index is 0.263. The smallest absolute Gasteiger partial charge is 0.309 e. The van der Waals surface area contributed by atoms with Gasteiger partial charge in [-0.3, -0.25) is 9.59 Å². The van der Waals surface area contributed by atoms with Crippen LogP contribution in [0.1, 0.15) is 51.9 Å². The van der Waals surface area contributed by atoms with E-state index in [9.17, 15) is 19.8 Å². The van der Waals surface area contributed by atoms with Gasteiger partial charge in [0.05, 0.1) is 31.3 Å². The predicted octanol–water partition coefficient (Wildman–Crippen LogP) is 1.17. The molecular weight excluding hydrogens is 276 g/mol. The van der Waals surface area contributed by atoms with Crippen molar-refractivity contribution in [3.8, 4) is 0 Å². The Morgan fingerprint density at radius 2 is 1.43 bits per heavy atom. The Morgan fingerprint density at radius 1 is 0.905 bits per heavy atom. The minimum atomic E-state index is -0.618. The normalized spacial score (nSPS) is 25.4. The van der Waals surface area contributed by atoms with Crippen LogP contribution in [0.5, 0.6) is 0 Å². The Morgan fingerprint density at radius 3 is 1.95 bits per heavy atom. The van der Waals surface area contributed by atoms with Gasteiger partial charge in [-0.05, 0) is 44.9 Å². The minimum Gasteiger partial charge on any atom is -0.466 e. The molecule has 1 saturated carbocycles. The van der Waals surface area contributed by atoms with Crippen molar-refractivity contribution >= 4 is 11.9 Å². The van der Waals surface area contributed by atoms with Gasteiger partial charge in [-0.25, -0.2) is 0 Å². The molecule has 1 aliphatic rings. The van der Waals surface area contributed by atoms with E-state index in [0.29, 0.717) is 32.5 Å². The lowest BCUT2D eigenvalue weighted by molar-refractivity contribution is -0.153. The molecule has 0 spiro atoms. The lowest BCUT2D eigenvalue weighted by Crippen LogP contribution is -2.34. The lowest BCUT2D eigenvalue weighted by atomic mass is 9.85. The van der Waals surface area contributed by atoms with Crippen LogP contribution in [0.15, 0.2) is 0 Å². The molecule has 0 amide bonds. The summed E-state index contributed by atoms with van der Waals surface area (Å²) in [6, 6.07) is 0. The van der Waals surface area contributed by atoms with Crippen molar-refractivity contribution in [2.24, 2.45) is 5.92 Å². The second kappa shape index (κ2) is 9.73. The maximum atomic E-state index is 11.8. The highest BCUT2D eigenvalue weighted by atomic mass is 16.5. The van der Waals surface area contributed by atoms with Gasteiger partial charge in [-0.1, -0.05) is 0 Å². The van der Waals surface area contributed by atoms with Crippen molar-refractivity contribution in [3.63, 3.8) is 0 Å². The molecular formula is C15H26O6. The molecule has 0 heterocycles. The van der Waals surface area contributed by atoms with Gasteiger partial charge in [0, 0.05) is 6.92 Å². The summed E-state index contributed by atoms with van der Waals surface area (Å²) in [7, 11) is 0. The molecule has 0 saturated heterocycles. The van der Waals surface area contributed by atoms with E-state index in [1.807, 2.05) is 0 Å². The lowest BCUT2D eigenvalue weighted by Gasteiger charge is -2.28. The van der Waals surface area contributed by atoms with Crippen molar-refractivity contribution in [3.05, 3.63) is 0 Å². The summed E-state index contributed by atoms with van der Waals surface area (Å²) in [6.45, 7) is 2.18. The van der Waals surface area contributed by atoms with E-state index in [1.54, 1.807) is 0 Å². The van der Waals surface area contributed by atoms with E-state index < -0.39 is 18.1 Å². The van der Waals surface area contributed by atoms with Crippen molar-refractivity contribution in [2.75, 3.05) is 13.2 Å². The molecule has 1 aliphatic carbocycles. The third kappa shape index (κ3) is 8.02. The summed E-state index contributed by atoms with van der Waals surface area (Å²) in [5, 5.41) is 19.1. The molecule has 1 rings (SSSR count). The van der Waals surface area contributed by atoms with Gasteiger partial charge in [0.15, 0.2) is 0 Å². The average Bonchev–Trinajstić information content (AvgIpc) is 2.40. The van der Waals surface area contributed by atoms with Crippen molar-refractivity contribution in [1.29, 1.82) is 0 Å². The number of carbonyl (C=O) groups excluding carboxylic acids is 2. The molecule has 2 unspecified atom stereocenters. The number of aliphatic hydroxyl groups excluding tert-OH is 2. The van der Waals surface area contributed by atoms with E-state index in [1.165, 1.54) is 6.92 Å². The quantitative estimate of drug-likeness (QED) is 0.516. The largest absolute Gasteiger partial charge is 0.466 e. The highest BCUT2D eigenvalue weighted by Crippen LogP contribution is 2.25. The molecule has 2 N–H and O–H groups in total. The van der Waals surface area contributed by atoms with Crippen LogP contribution in [0, 0.1) is 5.92 Å². The average molecular weight is 302 g/mol. The maximum Gasteiger partial charge on any atom is 0.309 e. The Labute approximate surface area is 125 Å². The van der Waals surface area contributed by atoms with Crippen LogP contribution in [0.3, 0.4) is 0 Å². The standard InChI is InChI=1S/C15H26O6/c1-11(16)20-6-4-2-3-5-7-21-15(19)12-8-13(17)10-14(18)9-12/h12-14,17-18H,2-10H2,1H3. The highest BCUT2D eigenvalue weighted by molar-refractivity contribution is 5.72. The Bertz CT molecular complexity index is 320. The van der Waals surface area contributed by atoms with E-state index in [-0.39, 0.29) is 11.9 Å². The first-order chi connectivity index (χ1) is 9.99. The number of unbranched alkanes of at least 4 members (excludes halogenated alkanes) is 3. The van der Waals surface area contributed by atoms with Crippen molar-refractivity contribution in [2.45, 2.75) is 64.1 Å². The number of esters is 2. The third-order valence-electron chi connectivity index (χ3n) is 3.58. The van der Waals surface area contributed by atoms with Crippen LogP contribution in [-0.2, 0) is 19.1 Å². The predicted molar refractivity (Wildman–Crippen MR) is 75.4 cm³/mol. The molecule has 0 aromatic carbocycles. The maximum absolute atomic E-state index is 11.8. The fraction of sp³-hybridized carbons (Fsp3) is 0.867. The van der Waals surface area contributed by atoms with Crippen LogP contribution in [0.2, 0.25) is 0 Å². The SMILES string of the molecule is CC(=O)OCCCCCCOC(=O)C1CC(O)CC(O)C1. The van der Waals surface area contributed by atoms with Gasteiger partial charge < -0.3 is 19.7 Å². The molecule has 0 radical (unpaired) electrons. The number of hydrogen-bond acceptors (Lipinski definition) is 6. The molecule has 2 atom stereocenters. The zero-order valence-corrected chi connectivity index (χ0v) is 12.6. The highest BCUT2D eigenvalue weighted by Gasteiger charge is 2.31. The van der Waals surface area contributed by atoms with Crippen LogP contribution < -0.4 is 0 Å². The second-order valence-corrected chi connectivity index (χ2v) is 5.63. The fourth-order valence-corrected chi connectivity index (χ4v) is 2.52. The summed E-state index contributed by atoms with van der Waals surface area (Å²) in [6.07, 6.45) is 3.26. The van der Waals surface area contributed by atoms with Gasteiger partial charge in [0.2, 0.25) is 0 Å². The summed E-state index contributed by atoms with van der Waals surface area (Å²) >= 11 is 0. The molecule has 6 heteroatoms. The van der Waals surface area contributed by atoms with Gasteiger partial charge in [-0.2, -0.15) is 0 Å². The summed E-state index contributed by atoms with van der Waals surface area (Å²) in [5.41, 5.74) is 0. The number of rotatable bonds is 8. The summed E-state index contributed by atoms with van der Waals surface area (Å²) in [4.78, 5) is 22.3. The van der Waals surface area contributed by atoms with E-state index in [2.05, 4.69) is 0 Å². The first-order valence-electron chi connectivity index (χ1n) is 7.65. The fourth-order valence-electron chi connectivity index (χ4n) is 2.52. The van der Waals surface area contributed by atoms with E-state index in [0.717, 1.165) is 25.7 Å². The topological polar surface area (TPSA) is 93.1 Å². The molecule has 122 valence electrons. The van der Waals surface area contributed by atoms with Crippen LogP contribution in [0.25, 0.3) is 0 Å². The third-order valence-corrected chi connectivity index (χ3v) is 3.58. The van der Waals surface area contributed by atoms with Crippen LogP contribution in [-0.4, -0.2) is 47.6 Å². The summed E-state index contributed by atoms with van der Waals surface area (Å²) in [5.74, 6) is -0.985. The van der Waals surface area contributed by atoms with E-state index in [4.69, 9.17) is 9.47 Å². The first-order valence-corrected chi connectivity index (χ1v) is 7.65. The number of carbonyl (C=O) groups is 2. The van der Waals surface area contributed by atoms with Gasteiger partial charge in [0.25, 0.3) is 0 Å². The molecule has 0 aromatic rings. The summed E-state index contributed by atoms with van der Waals surface area (Å²) < 4.78 is 9.99. The van der Waals surface area contributed by atoms with Gasteiger partial charge in [-0.15, -0.1) is 0 Å². The molecule has 21 heavy (non-hydrogen) atoms. The molecule has 6 nitrogen and oxygen atoms in total. The number of hydrogen-bond donors (Lipinski definition) is 2. The van der Waals surface area contributed by atoms with Gasteiger partial charge >= 0.3 is 11.9 Å². The second-order valence-electron chi connectivity index (χ2n) is 5.63. The number of ether oxygens (including phenoxy) is 2. The molecule has 0 aliphatic heterocycles. The first kappa shape index (κ1) is 17.9. The van der Waals surface area contributed by atoms with Crippen LogP contribution in [0.4, 0.5) is 0 Å². The Hall–Kier alpha value is -1.14. The zero-order chi connectivity index (χ0) is 15.7. The molecule has 0 bridgehead atoms. The monoisotopic (exact) mass is 302 g/mol. The Kier molecular flexibility index (Phi) is 8.30. The van der Waals surface area contributed by atoms with Crippen molar-refractivity contribution in [1.82, 2.24) is 0 Å². The van der Waals surface area contributed by atoms with Crippen molar-refractivity contribution < 1.29 is 29.3 Å². The zero-order valence-electron chi connectivity index (χ0n) is 12.6. The number of aliphatic hydroxyl groups is 2. The Balaban J connectivity index is 2.02. The van der Waals surface area contributed by atoms with Crippen LogP contribution >= 0.6 is 0 Å². The molecule has 0 aromatic heterocycles. The molecule has 1 fully saturated rings. The van der Waals surface area contributed by atoms with E-state index >= 15 is 0 Å². The van der Waals surface area contributed by atoms with Gasteiger partial charge in [0.1, 0.15) is 0 Å².